The van der Waals surface area contributed by atoms with Crippen molar-refractivity contribution in [1.29, 1.82) is 0 Å². The Balaban J connectivity index is 1.48. The summed E-state index contributed by atoms with van der Waals surface area (Å²) in [7, 11) is 0.936. The first kappa shape index (κ1) is 26.9. The van der Waals surface area contributed by atoms with E-state index in [9.17, 15) is 18.4 Å². The van der Waals surface area contributed by atoms with Crippen molar-refractivity contribution in [3.8, 4) is 23.0 Å². The minimum atomic E-state index is -3.45. The van der Waals surface area contributed by atoms with Gasteiger partial charge in [0, 0.05) is 12.6 Å². The number of aromatic amines is 1. The molecule has 1 saturated heterocycles. The van der Waals surface area contributed by atoms with Gasteiger partial charge in [-0.3, -0.25) is 18.9 Å². The number of alkyl halides is 2. The molecule has 0 aliphatic carbocycles. The molecule has 1 N–H and O–H groups in total. The van der Waals surface area contributed by atoms with Crippen LogP contribution in [0.5, 0.6) is 23.0 Å². The maximum atomic E-state index is 14.8. The summed E-state index contributed by atoms with van der Waals surface area (Å²) in [6.45, 7) is -0.337. The predicted molar refractivity (Wildman–Crippen MR) is 130 cm³/mol. The lowest BCUT2D eigenvalue weighted by atomic mass is 10.2. The zero-order valence-corrected chi connectivity index (χ0v) is 21.2. The van der Waals surface area contributed by atoms with Crippen molar-refractivity contribution in [2.75, 3.05) is 20.8 Å². The third-order valence-electron chi connectivity index (χ3n) is 5.20. The second-order valence-electron chi connectivity index (χ2n) is 7.77. The van der Waals surface area contributed by atoms with Gasteiger partial charge < -0.3 is 23.3 Å². The highest BCUT2D eigenvalue weighted by molar-refractivity contribution is 7.42. The number of hydrogen-bond donors (Lipinski definition) is 1. The van der Waals surface area contributed by atoms with Crippen LogP contribution < -0.4 is 29.8 Å². The van der Waals surface area contributed by atoms with E-state index in [2.05, 4.69) is 0 Å². The number of halogens is 3. The summed E-state index contributed by atoms with van der Waals surface area (Å²) in [6.07, 6.45) is -3.05. The first-order chi connectivity index (χ1) is 17.7. The molecule has 10 nitrogen and oxygen atoms in total. The van der Waals surface area contributed by atoms with E-state index < -0.39 is 49.5 Å². The number of nitrogens with one attached hydrogen (secondary N) is 1. The summed E-state index contributed by atoms with van der Waals surface area (Å²) in [6, 6.07) is 13.2. The van der Waals surface area contributed by atoms with E-state index >= 15 is 0 Å². The van der Waals surface area contributed by atoms with E-state index in [1.165, 1.54) is 14.2 Å². The molecular weight excluding hydrogens is 537 g/mol. The summed E-state index contributed by atoms with van der Waals surface area (Å²) in [5.74, 6) is -1.44. The largest absolute Gasteiger partial charge is 0.497 e. The van der Waals surface area contributed by atoms with Gasteiger partial charge in [0.2, 0.25) is 6.23 Å². The molecule has 4 rings (SSSR count). The van der Waals surface area contributed by atoms with Gasteiger partial charge in [0.05, 0.1) is 26.9 Å². The van der Waals surface area contributed by atoms with Crippen molar-refractivity contribution in [2.24, 2.45) is 0 Å². The quantitative estimate of drug-likeness (QED) is 0.361. The standard InChI is InChI=1S/C23H22ClF2N2O8P/c1-31-14-3-7-16(8-4-14)35-37(36-17-9-5-15(32-2)6-10-17)33-13-18-11-23(25,26)21(34-18)28-12-19(24)20(29)27-22(28)30/h3-10,12,18,21H,11,13H2,1-2H3,(H,27,29,30). The highest BCUT2D eigenvalue weighted by Gasteiger charge is 2.52. The maximum absolute atomic E-state index is 14.8. The first-order valence-corrected chi connectivity index (χ1v) is 12.3. The van der Waals surface area contributed by atoms with Gasteiger partial charge in [-0.2, -0.15) is 0 Å². The molecule has 1 aliphatic rings. The second kappa shape index (κ2) is 11.5. The van der Waals surface area contributed by atoms with E-state index in [1.807, 2.05) is 4.98 Å². The number of benzene rings is 2. The zero-order chi connectivity index (χ0) is 26.6. The van der Waals surface area contributed by atoms with Crippen LogP contribution >= 0.6 is 20.2 Å². The molecule has 0 saturated carbocycles. The molecule has 2 unspecified atom stereocenters. The molecule has 37 heavy (non-hydrogen) atoms. The molecule has 0 spiro atoms. The summed E-state index contributed by atoms with van der Waals surface area (Å²) in [5, 5.41) is -0.428. The van der Waals surface area contributed by atoms with Gasteiger partial charge in [-0.15, -0.1) is 0 Å². The molecule has 0 radical (unpaired) electrons. The average Bonchev–Trinajstić information content (AvgIpc) is 3.19. The van der Waals surface area contributed by atoms with Crippen LogP contribution in [-0.4, -0.2) is 42.4 Å². The van der Waals surface area contributed by atoms with Crippen LogP contribution in [0.15, 0.2) is 64.3 Å². The maximum Gasteiger partial charge on any atom is 0.463 e. The monoisotopic (exact) mass is 558 g/mol. The van der Waals surface area contributed by atoms with Gasteiger partial charge in [-0.1, -0.05) is 11.6 Å². The zero-order valence-electron chi connectivity index (χ0n) is 19.6. The molecule has 0 bridgehead atoms. The van der Waals surface area contributed by atoms with E-state index in [0.717, 1.165) is 6.20 Å². The molecule has 0 amide bonds. The molecular formula is C23H22ClF2N2O8P. The Morgan fingerprint density at radius 2 is 1.51 bits per heavy atom. The highest BCUT2D eigenvalue weighted by atomic mass is 35.5. The van der Waals surface area contributed by atoms with Crippen molar-refractivity contribution in [3.63, 3.8) is 0 Å². The number of ether oxygens (including phenoxy) is 3. The molecule has 14 heteroatoms. The molecule has 2 heterocycles. The molecule has 1 fully saturated rings. The van der Waals surface area contributed by atoms with Crippen molar-refractivity contribution >= 4 is 20.2 Å². The molecule has 3 aromatic rings. The van der Waals surface area contributed by atoms with Gasteiger partial charge in [-0.05, 0) is 48.5 Å². The van der Waals surface area contributed by atoms with Gasteiger partial charge in [-0.25, -0.2) is 13.6 Å². The summed E-state index contributed by atoms with van der Waals surface area (Å²) < 4.78 is 63.1. The minimum absolute atomic E-state index is 0.337. The lowest BCUT2D eigenvalue weighted by Gasteiger charge is -2.20. The van der Waals surface area contributed by atoms with Crippen LogP contribution in [0.3, 0.4) is 0 Å². The Morgan fingerprint density at radius 1 is 1.00 bits per heavy atom. The Kier molecular flexibility index (Phi) is 8.33. The van der Waals surface area contributed by atoms with Crippen LogP contribution in [0.1, 0.15) is 12.6 Å². The number of nitrogens with zero attached hydrogens (tertiary/aromatic N) is 1. The number of rotatable bonds is 10. The Bertz CT molecular complexity index is 1270. The lowest BCUT2D eigenvalue weighted by Crippen LogP contribution is -2.38. The summed E-state index contributed by atoms with van der Waals surface area (Å²) >= 11 is 5.71. The van der Waals surface area contributed by atoms with Crippen LogP contribution in [0, 0.1) is 0 Å². The van der Waals surface area contributed by atoms with Crippen LogP contribution in [0.25, 0.3) is 0 Å². The average molecular weight is 559 g/mol. The van der Waals surface area contributed by atoms with Gasteiger partial charge >= 0.3 is 14.3 Å². The van der Waals surface area contributed by atoms with Crippen molar-refractivity contribution in [3.05, 3.63) is 80.6 Å². The predicted octanol–water partition coefficient (Wildman–Crippen LogP) is 4.53. The fourth-order valence-corrected chi connectivity index (χ4v) is 4.57. The Labute approximate surface area is 215 Å². The molecule has 1 aliphatic heterocycles. The fraction of sp³-hybridized carbons (Fsp3) is 0.304. The van der Waals surface area contributed by atoms with Crippen LogP contribution in [-0.2, 0) is 9.26 Å². The first-order valence-electron chi connectivity index (χ1n) is 10.8. The third-order valence-corrected chi connectivity index (χ3v) is 6.55. The SMILES string of the molecule is COc1ccc(OP(OCC2CC(F)(F)C(n3cc(Cl)c(=O)[nH]c3=O)O2)Oc2ccc(OC)cc2)cc1. The van der Waals surface area contributed by atoms with E-state index in [4.69, 9.17) is 39.4 Å². The van der Waals surface area contributed by atoms with E-state index in [0.29, 0.717) is 27.6 Å². The lowest BCUT2D eigenvalue weighted by molar-refractivity contribution is -0.119. The van der Waals surface area contributed by atoms with Gasteiger partial charge in [0.1, 0.15) is 28.0 Å². The molecule has 198 valence electrons. The highest BCUT2D eigenvalue weighted by Crippen LogP contribution is 2.46. The van der Waals surface area contributed by atoms with E-state index in [-0.39, 0.29) is 6.61 Å². The van der Waals surface area contributed by atoms with Crippen molar-refractivity contribution in [2.45, 2.75) is 24.7 Å². The van der Waals surface area contributed by atoms with Crippen molar-refractivity contribution < 1.29 is 36.6 Å². The Morgan fingerprint density at radius 3 is 2.03 bits per heavy atom. The van der Waals surface area contributed by atoms with Crippen LogP contribution in [0.4, 0.5) is 8.78 Å². The van der Waals surface area contributed by atoms with Gasteiger partial charge in [0.15, 0.2) is 0 Å². The smallest absolute Gasteiger partial charge is 0.463 e. The Hall–Kier alpha value is -3.18. The number of methoxy groups -OCH3 is 2. The molecule has 1 aromatic heterocycles. The molecule has 2 atom stereocenters. The van der Waals surface area contributed by atoms with Crippen molar-refractivity contribution in [1.82, 2.24) is 9.55 Å². The normalized spacial score (nSPS) is 18.5. The molecule has 2 aromatic carbocycles. The summed E-state index contributed by atoms with van der Waals surface area (Å²) in [4.78, 5) is 25.5. The number of H-pyrrole nitrogens is 1. The topological polar surface area (TPSA) is 110 Å². The summed E-state index contributed by atoms with van der Waals surface area (Å²) in [5.41, 5.74) is -1.96. The second-order valence-corrected chi connectivity index (χ2v) is 9.25. The minimum Gasteiger partial charge on any atom is -0.497 e. The fourth-order valence-electron chi connectivity index (χ4n) is 3.40. The number of hydrogen-bond acceptors (Lipinski definition) is 8. The number of aromatic nitrogens is 2. The van der Waals surface area contributed by atoms with Gasteiger partial charge in [0.25, 0.3) is 11.5 Å². The van der Waals surface area contributed by atoms with Crippen LogP contribution in [0.2, 0.25) is 5.02 Å². The van der Waals surface area contributed by atoms with E-state index in [1.54, 1.807) is 48.5 Å². The third kappa shape index (κ3) is 6.58.